The number of rotatable bonds is 5. The van der Waals surface area contributed by atoms with Crippen molar-refractivity contribution < 1.29 is 8.42 Å². The Balaban J connectivity index is 1.72. The maximum Gasteiger partial charge on any atom is 0.214 e. The lowest BCUT2D eigenvalue weighted by atomic mass is 9.94. The standard InChI is InChI=1S/C18H26N2O2S/c1-3-4-13-23(21,22)20-11-9-15(10-12-20)18-14-16-7-5-6-8-17(16)19(18)2/h5-8,14-15H,3-4,9-13H2,1-2H3. The molecule has 0 N–H and O–H groups in total. The highest BCUT2D eigenvalue weighted by Gasteiger charge is 2.29. The predicted octanol–water partition coefficient (Wildman–Crippen LogP) is 3.49. The highest BCUT2D eigenvalue weighted by molar-refractivity contribution is 7.89. The van der Waals surface area contributed by atoms with Crippen molar-refractivity contribution in [1.29, 1.82) is 0 Å². The Morgan fingerprint density at radius 1 is 1.17 bits per heavy atom. The molecule has 1 saturated heterocycles. The fraction of sp³-hybridized carbons (Fsp3) is 0.556. The molecule has 0 radical (unpaired) electrons. The monoisotopic (exact) mass is 334 g/mol. The normalized spacial score (nSPS) is 17.8. The highest BCUT2D eigenvalue weighted by Crippen LogP contribution is 2.32. The molecule has 126 valence electrons. The molecule has 0 unspecified atom stereocenters. The van der Waals surface area contributed by atoms with Gasteiger partial charge < -0.3 is 4.57 Å². The number of benzene rings is 1. The zero-order valence-electron chi connectivity index (χ0n) is 14.0. The number of nitrogens with zero attached hydrogens (tertiary/aromatic N) is 2. The number of aromatic nitrogens is 1. The van der Waals surface area contributed by atoms with Crippen molar-refractivity contribution in [2.75, 3.05) is 18.8 Å². The first kappa shape index (κ1) is 16.5. The van der Waals surface area contributed by atoms with Crippen molar-refractivity contribution in [3.8, 4) is 0 Å². The molecule has 0 aliphatic carbocycles. The van der Waals surface area contributed by atoms with Gasteiger partial charge in [-0.25, -0.2) is 12.7 Å². The zero-order valence-corrected chi connectivity index (χ0v) is 14.8. The molecule has 2 aromatic rings. The molecule has 0 atom stereocenters. The number of aryl methyl sites for hydroxylation is 1. The summed E-state index contributed by atoms with van der Waals surface area (Å²) >= 11 is 0. The molecule has 3 rings (SSSR count). The number of hydrogen-bond acceptors (Lipinski definition) is 2. The predicted molar refractivity (Wildman–Crippen MR) is 95.2 cm³/mol. The van der Waals surface area contributed by atoms with E-state index in [1.807, 2.05) is 6.92 Å². The average molecular weight is 334 g/mol. The number of para-hydroxylation sites is 1. The highest BCUT2D eigenvalue weighted by atomic mass is 32.2. The summed E-state index contributed by atoms with van der Waals surface area (Å²) in [6, 6.07) is 10.7. The van der Waals surface area contributed by atoms with E-state index in [1.54, 1.807) is 4.31 Å². The second-order valence-corrected chi connectivity index (χ2v) is 8.62. The lowest BCUT2D eigenvalue weighted by Gasteiger charge is -2.31. The van der Waals surface area contributed by atoms with Crippen LogP contribution in [0.15, 0.2) is 30.3 Å². The summed E-state index contributed by atoms with van der Waals surface area (Å²) in [6.45, 7) is 3.33. The van der Waals surface area contributed by atoms with Gasteiger partial charge in [0, 0.05) is 37.3 Å². The minimum atomic E-state index is -3.06. The smallest absolute Gasteiger partial charge is 0.214 e. The van der Waals surface area contributed by atoms with Crippen LogP contribution in [0.2, 0.25) is 0 Å². The minimum Gasteiger partial charge on any atom is -0.347 e. The molecule has 0 saturated carbocycles. The van der Waals surface area contributed by atoms with Gasteiger partial charge in [0.15, 0.2) is 0 Å². The van der Waals surface area contributed by atoms with Gasteiger partial charge in [-0.1, -0.05) is 31.5 Å². The first-order valence-corrected chi connectivity index (χ1v) is 10.2. The molecule has 1 aromatic heterocycles. The summed E-state index contributed by atoms with van der Waals surface area (Å²) in [5.74, 6) is 0.743. The number of hydrogen-bond donors (Lipinski definition) is 0. The SMILES string of the molecule is CCCCS(=O)(=O)N1CCC(c2cc3ccccc3n2C)CC1. The Hall–Kier alpha value is -1.33. The Kier molecular flexibility index (Phi) is 4.78. The molecule has 0 spiro atoms. The lowest BCUT2D eigenvalue weighted by molar-refractivity contribution is 0.314. The van der Waals surface area contributed by atoms with Crippen molar-refractivity contribution in [2.45, 2.75) is 38.5 Å². The molecular weight excluding hydrogens is 308 g/mol. The summed E-state index contributed by atoms with van der Waals surface area (Å²) in [5, 5.41) is 1.27. The maximum absolute atomic E-state index is 12.3. The molecule has 5 heteroatoms. The van der Waals surface area contributed by atoms with E-state index < -0.39 is 10.0 Å². The van der Waals surface area contributed by atoms with E-state index in [0.29, 0.717) is 24.8 Å². The van der Waals surface area contributed by atoms with E-state index in [4.69, 9.17) is 0 Å². The summed E-state index contributed by atoms with van der Waals surface area (Å²) < 4.78 is 28.6. The first-order valence-electron chi connectivity index (χ1n) is 8.55. The van der Waals surface area contributed by atoms with Crippen LogP contribution < -0.4 is 0 Å². The third kappa shape index (κ3) is 3.31. The summed E-state index contributed by atoms with van der Waals surface area (Å²) in [5.41, 5.74) is 2.58. The van der Waals surface area contributed by atoms with Crippen molar-refractivity contribution in [2.24, 2.45) is 7.05 Å². The van der Waals surface area contributed by atoms with Crippen LogP contribution in [0.1, 0.15) is 44.2 Å². The van der Waals surface area contributed by atoms with Crippen molar-refractivity contribution in [3.63, 3.8) is 0 Å². The molecule has 1 aromatic carbocycles. The molecule has 1 aliphatic heterocycles. The molecule has 1 fully saturated rings. The van der Waals surface area contributed by atoms with Gasteiger partial charge in [0.05, 0.1) is 5.75 Å². The van der Waals surface area contributed by atoms with Crippen molar-refractivity contribution >= 4 is 20.9 Å². The van der Waals surface area contributed by atoms with E-state index in [0.717, 1.165) is 25.7 Å². The lowest BCUT2D eigenvalue weighted by Crippen LogP contribution is -2.39. The summed E-state index contributed by atoms with van der Waals surface area (Å²) in [4.78, 5) is 0. The topological polar surface area (TPSA) is 42.3 Å². The van der Waals surface area contributed by atoms with E-state index in [9.17, 15) is 8.42 Å². The number of piperidine rings is 1. The summed E-state index contributed by atoms with van der Waals surface area (Å²) in [6.07, 6.45) is 3.50. The van der Waals surface area contributed by atoms with Crippen LogP contribution in [-0.4, -0.2) is 36.1 Å². The van der Waals surface area contributed by atoms with Gasteiger partial charge in [0.2, 0.25) is 10.0 Å². The van der Waals surface area contributed by atoms with Crippen molar-refractivity contribution in [3.05, 3.63) is 36.0 Å². The van der Waals surface area contributed by atoms with Crippen LogP contribution in [0.25, 0.3) is 10.9 Å². The minimum absolute atomic E-state index is 0.294. The Bertz CT molecular complexity index is 771. The second-order valence-electron chi connectivity index (χ2n) is 6.53. The van der Waals surface area contributed by atoms with Crippen LogP contribution >= 0.6 is 0 Å². The van der Waals surface area contributed by atoms with Crippen LogP contribution in [0.3, 0.4) is 0 Å². The first-order chi connectivity index (χ1) is 11.0. The maximum atomic E-state index is 12.3. The Morgan fingerprint density at radius 2 is 1.87 bits per heavy atom. The Labute approximate surface area is 139 Å². The van der Waals surface area contributed by atoms with Gasteiger partial charge in [0.1, 0.15) is 0 Å². The largest absolute Gasteiger partial charge is 0.347 e. The number of sulfonamides is 1. The van der Waals surface area contributed by atoms with Gasteiger partial charge in [-0.15, -0.1) is 0 Å². The third-order valence-corrected chi connectivity index (χ3v) is 6.97. The van der Waals surface area contributed by atoms with E-state index in [-0.39, 0.29) is 0 Å². The number of unbranched alkanes of at least 4 members (excludes halogenated alkanes) is 1. The van der Waals surface area contributed by atoms with Crippen LogP contribution in [-0.2, 0) is 17.1 Å². The molecular formula is C18H26N2O2S. The van der Waals surface area contributed by atoms with Crippen molar-refractivity contribution in [1.82, 2.24) is 8.87 Å². The molecule has 0 amide bonds. The van der Waals surface area contributed by atoms with Crippen LogP contribution in [0.5, 0.6) is 0 Å². The molecule has 23 heavy (non-hydrogen) atoms. The molecule has 2 heterocycles. The summed E-state index contributed by atoms with van der Waals surface area (Å²) in [7, 11) is -0.946. The van der Waals surface area contributed by atoms with E-state index in [2.05, 4.69) is 41.9 Å². The van der Waals surface area contributed by atoms with Crippen LogP contribution in [0.4, 0.5) is 0 Å². The third-order valence-electron chi connectivity index (χ3n) is 5.01. The molecule has 1 aliphatic rings. The molecule has 0 bridgehead atoms. The van der Waals surface area contributed by atoms with Gasteiger partial charge in [0.25, 0.3) is 0 Å². The van der Waals surface area contributed by atoms with Gasteiger partial charge in [-0.2, -0.15) is 0 Å². The van der Waals surface area contributed by atoms with Gasteiger partial charge in [-0.3, -0.25) is 0 Å². The van der Waals surface area contributed by atoms with Crippen LogP contribution in [0, 0.1) is 0 Å². The van der Waals surface area contributed by atoms with Gasteiger partial charge in [-0.05, 0) is 36.8 Å². The average Bonchev–Trinajstić information content (AvgIpc) is 2.90. The molecule has 4 nitrogen and oxygen atoms in total. The fourth-order valence-corrected chi connectivity index (χ4v) is 5.27. The van der Waals surface area contributed by atoms with E-state index >= 15 is 0 Å². The fourth-order valence-electron chi connectivity index (χ4n) is 3.59. The number of fused-ring (bicyclic) bond motifs is 1. The quantitative estimate of drug-likeness (QED) is 0.840. The van der Waals surface area contributed by atoms with Gasteiger partial charge >= 0.3 is 0 Å². The zero-order chi connectivity index (χ0) is 16.4. The Morgan fingerprint density at radius 3 is 2.52 bits per heavy atom. The second kappa shape index (κ2) is 6.65. The van der Waals surface area contributed by atoms with E-state index in [1.165, 1.54) is 16.6 Å².